The largest absolute Gasteiger partial charge is 0.323 e. The number of nitrogens with one attached hydrogen (secondary N) is 1. The first kappa shape index (κ1) is 10.8. The van der Waals surface area contributed by atoms with E-state index in [4.69, 9.17) is 5.84 Å². The normalized spacial score (nSPS) is 10.8. The first-order valence-corrected chi connectivity index (χ1v) is 5.09. The first-order valence-electron chi connectivity index (χ1n) is 5.09. The second-order valence-electron chi connectivity index (χ2n) is 3.93. The molecule has 16 heavy (non-hydrogen) atoms. The first-order chi connectivity index (χ1) is 7.56. The molecule has 0 bridgehead atoms. The maximum absolute atomic E-state index is 13.8. The summed E-state index contributed by atoms with van der Waals surface area (Å²) < 4.78 is 13.8. The Morgan fingerprint density at radius 2 is 1.94 bits per heavy atom. The molecular weight excluding hydrogens is 205 g/mol. The molecule has 1 heterocycles. The fourth-order valence-electron chi connectivity index (χ4n) is 1.85. The minimum Gasteiger partial charge on any atom is -0.323 e. The molecule has 2 rings (SSSR count). The lowest BCUT2D eigenvalue weighted by atomic mass is 10.0. The number of aromatic nitrogens is 1. The third-order valence-electron chi connectivity index (χ3n) is 2.92. The van der Waals surface area contributed by atoms with E-state index in [2.05, 4.69) is 10.4 Å². The molecule has 1 aromatic carbocycles. The number of nitrogens with zero attached hydrogens (tertiary/aromatic N) is 1. The lowest BCUT2D eigenvalue weighted by Crippen LogP contribution is -2.11. The zero-order valence-electron chi connectivity index (χ0n) is 9.56. The second kappa shape index (κ2) is 3.72. The number of aryl methyl sites for hydroxylation is 2. The number of rotatable bonds is 1. The summed E-state index contributed by atoms with van der Waals surface area (Å²) in [4.78, 5) is 4.41. The number of hydrogen-bond acceptors (Lipinski definition) is 3. The summed E-state index contributed by atoms with van der Waals surface area (Å²) in [6, 6.07) is 3.16. The van der Waals surface area contributed by atoms with Gasteiger partial charge in [0, 0.05) is 5.69 Å². The number of hydrogen-bond donors (Lipinski definition) is 2. The van der Waals surface area contributed by atoms with Gasteiger partial charge < -0.3 is 5.43 Å². The van der Waals surface area contributed by atoms with E-state index in [1.807, 2.05) is 20.8 Å². The molecular formula is C12H14FN3. The van der Waals surface area contributed by atoms with E-state index in [9.17, 15) is 4.39 Å². The number of hydrazine groups is 1. The average molecular weight is 219 g/mol. The van der Waals surface area contributed by atoms with Gasteiger partial charge in [0.1, 0.15) is 5.82 Å². The molecule has 0 saturated carbocycles. The Kier molecular flexibility index (Phi) is 2.52. The molecule has 2 aromatic rings. The van der Waals surface area contributed by atoms with Gasteiger partial charge in [-0.1, -0.05) is 6.07 Å². The highest BCUT2D eigenvalue weighted by atomic mass is 19.1. The summed E-state index contributed by atoms with van der Waals surface area (Å²) >= 11 is 0. The highest BCUT2D eigenvalue weighted by Crippen LogP contribution is 2.30. The summed E-state index contributed by atoms with van der Waals surface area (Å²) in [5.74, 6) is 5.16. The number of benzene rings is 1. The van der Waals surface area contributed by atoms with Crippen LogP contribution in [0.1, 0.15) is 16.8 Å². The van der Waals surface area contributed by atoms with Crippen LogP contribution >= 0.6 is 0 Å². The molecule has 0 atom stereocenters. The molecule has 0 aliphatic carbocycles. The fourth-order valence-corrected chi connectivity index (χ4v) is 1.85. The van der Waals surface area contributed by atoms with E-state index in [-0.39, 0.29) is 5.82 Å². The maximum Gasteiger partial charge on any atom is 0.134 e. The van der Waals surface area contributed by atoms with Gasteiger partial charge in [-0.2, -0.15) is 0 Å². The van der Waals surface area contributed by atoms with Crippen molar-refractivity contribution in [1.29, 1.82) is 0 Å². The van der Waals surface area contributed by atoms with E-state index < -0.39 is 0 Å². The molecule has 0 amide bonds. The van der Waals surface area contributed by atoms with Gasteiger partial charge >= 0.3 is 0 Å². The molecule has 4 heteroatoms. The monoisotopic (exact) mass is 219 g/mol. The van der Waals surface area contributed by atoms with Crippen molar-refractivity contribution in [2.24, 2.45) is 5.84 Å². The van der Waals surface area contributed by atoms with Crippen molar-refractivity contribution in [3.8, 4) is 0 Å². The van der Waals surface area contributed by atoms with Gasteiger partial charge in [-0.05, 0) is 38.0 Å². The zero-order chi connectivity index (χ0) is 11.9. The van der Waals surface area contributed by atoms with Crippen molar-refractivity contribution < 1.29 is 4.39 Å². The molecule has 0 radical (unpaired) electrons. The number of pyridine rings is 1. The van der Waals surface area contributed by atoms with Crippen LogP contribution in [0.3, 0.4) is 0 Å². The number of nitrogens with two attached hydrogens (primary N) is 1. The molecule has 0 saturated heterocycles. The van der Waals surface area contributed by atoms with Gasteiger partial charge in [0.05, 0.1) is 16.6 Å². The Labute approximate surface area is 93.5 Å². The Hall–Kier alpha value is -1.68. The Bertz CT molecular complexity index is 564. The summed E-state index contributed by atoms with van der Waals surface area (Å²) in [5, 5.41) is 0.464. The molecule has 0 aliphatic heterocycles. The van der Waals surface area contributed by atoms with Crippen LogP contribution in [0, 0.1) is 26.6 Å². The smallest absolute Gasteiger partial charge is 0.134 e. The van der Waals surface area contributed by atoms with Crippen LogP contribution in [0.15, 0.2) is 12.1 Å². The minimum absolute atomic E-state index is 0.302. The summed E-state index contributed by atoms with van der Waals surface area (Å²) in [6.45, 7) is 5.67. The van der Waals surface area contributed by atoms with Crippen LogP contribution in [0.5, 0.6) is 0 Å². The standard InChI is InChI=1S/C12H14FN3/c1-6-4-5-9(13)10-11(6)15-8(3)7(2)12(10)16-14/h4-5H,14H2,1-3H3,(H,15,16). The van der Waals surface area contributed by atoms with Crippen molar-refractivity contribution in [1.82, 2.24) is 4.98 Å². The van der Waals surface area contributed by atoms with E-state index in [0.29, 0.717) is 16.6 Å². The highest BCUT2D eigenvalue weighted by molar-refractivity contribution is 5.95. The van der Waals surface area contributed by atoms with E-state index >= 15 is 0 Å². The molecule has 0 aliphatic rings. The van der Waals surface area contributed by atoms with E-state index in [0.717, 1.165) is 16.8 Å². The molecule has 0 fully saturated rings. The quantitative estimate of drug-likeness (QED) is 0.572. The summed E-state index contributed by atoms with van der Waals surface area (Å²) in [5.41, 5.74) is 6.52. The number of nitrogen functional groups attached to an aromatic ring is 1. The summed E-state index contributed by atoms with van der Waals surface area (Å²) in [6.07, 6.45) is 0. The molecule has 3 N–H and O–H groups in total. The van der Waals surface area contributed by atoms with Crippen LogP contribution in [0.4, 0.5) is 10.1 Å². The van der Waals surface area contributed by atoms with Crippen molar-refractivity contribution in [3.05, 3.63) is 34.8 Å². The molecule has 0 spiro atoms. The topological polar surface area (TPSA) is 50.9 Å². The maximum atomic E-state index is 13.8. The van der Waals surface area contributed by atoms with Crippen LogP contribution in [0.2, 0.25) is 0 Å². The highest BCUT2D eigenvalue weighted by Gasteiger charge is 2.13. The van der Waals surface area contributed by atoms with Gasteiger partial charge in [0.25, 0.3) is 0 Å². The zero-order valence-corrected chi connectivity index (χ0v) is 9.56. The van der Waals surface area contributed by atoms with Gasteiger partial charge in [-0.25, -0.2) is 4.39 Å². The Morgan fingerprint density at radius 3 is 2.56 bits per heavy atom. The molecule has 3 nitrogen and oxygen atoms in total. The van der Waals surface area contributed by atoms with Crippen molar-refractivity contribution >= 4 is 16.6 Å². The summed E-state index contributed by atoms with van der Waals surface area (Å²) in [7, 11) is 0. The average Bonchev–Trinajstić information content (AvgIpc) is 2.26. The number of anilines is 1. The van der Waals surface area contributed by atoms with Gasteiger partial charge in [0.2, 0.25) is 0 Å². The van der Waals surface area contributed by atoms with E-state index in [1.54, 1.807) is 6.07 Å². The minimum atomic E-state index is -0.302. The molecule has 1 aromatic heterocycles. The van der Waals surface area contributed by atoms with Crippen molar-refractivity contribution in [2.75, 3.05) is 5.43 Å². The van der Waals surface area contributed by atoms with Crippen LogP contribution in [0.25, 0.3) is 10.9 Å². The predicted octanol–water partition coefficient (Wildman–Crippen LogP) is 2.58. The SMILES string of the molecule is Cc1nc2c(C)ccc(F)c2c(NN)c1C. The lowest BCUT2D eigenvalue weighted by molar-refractivity contribution is 0.639. The number of halogens is 1. The fraction of sp³-hybridized carbons (Fsp3) is 0.250. The lowest BCUT2D eigenvalue weighted by Gasteiger charge is -2.13. The van der Waals surface area contributed by atoms with Gasteiger partial charge in [0.15, 0.2) is 0 Å². The molecule has 0 unspecified atom stereocenters. The Balaban J connectivity index is 3.02. The van der Waals surface area contributed by atoms with Gasteiger partial charge in [-0.15, -0.1) is 0 Å². The van der Waals surface area contributed by atoms with Crippen LogP contribution in [-0.2, 0) is 0 Å². The van der Waals surface area contributed by atoms with Crippen molar-refractivity contribution in [3.63, 3.8) is 0 Å². The van der Waals surface area contributed by atoms with Crippen LogP contribution in [-0.4, -0.2) is 4.98 Å². The van der Waals surface area contributed by atoms with E-state index in [1.165, 1.54) is 6.07 Å². The third-order valence-corrected chi connectivity index (χ3v) is 2.92. The molecule has 84 valence electrons. The second-order valence-corrected chi connectivity index (χ2v) is 3.93. The van der Waals surface area contributed by atoms with Crippen molar-refractivity contribution in [2.45, 2.75) is 20.8 Å². The van der Waals surface area contributed by atoms with Gasteiger partial charge in [-0.3, -0.25) is 10.8 Å². The third kappa shape index (κ3) is 1.42. The van der Waals surface area contributed by atoms with Crippen LogP contribution < -0.4 is 11.3 Å². The predicted molar refractivity (Wildman–Crippen MR) is 63.7 cm³/mol. The number of fused-ring (bicyclic) bond motifs is 1. The Morgan fingerprint density at radius 1 is 1.25 bits per heavy atom.